The van der Waals surface area contributed by atoms with Crippen LogP contribution in [0.2, 0.25) is 0 Å². The van der Waals surface area contributed by atoms with Crippen LogP contribution in [0.15, 0.2) is 46.9 Å². The predicted octanol–water partition coefficient (Wildman–Crippen LogP) is 3.03. The van der Waals surface area contributed by atoms with Crippen molar-refractivity contribution in [1.82, 2.24) is 15.1 Å². The van der Waals surface area contributed by atoms with Crippen LogP contribution in [-0.2, 0) is 17.9 Å². The summed E-state index contributed by atoms with van der Waals surface area (Å²) in [6.45, 7) is 5.44. The van der Waals surface area contributed by atoms with Crippen LogP contribution < -0.4 is 10.1 Å². The van der Waals surface area contributed by atoms with Gasteiger partial charge in [0.05, 0.1) is 0 Å². The third kappa shape index (κ3) is 6.29. The lowest BCUT2D eigenvalue weighted by Crippen LogP contribution is -2.43. The van der Waals surface area contributed by atoms with Crippen LogP contribution >= 0.6 is 15.9 Å². The maximum absolute atomic E-state index is 13.7. The fourth-order valence-corrected chi connectivity index (χ4v) is 3.42. The number of likely N-dealkylation sites (N-methyl/N-ethyl adjacent to an activating group) is 1. The van der Waals surface area contributed by atoms with Crippen molar-refractivity contribution in [3.8, 4) is 5.75 Å². The van der Waals surface area contributed by atoms with Gasteiger partial charge in [-0.25, -0.2) is 4.39 Å². The number of nitrogens with one attached hydrogen (secondary N) is 1. The van der Waals surface area contributed by atoms with Gasteiger partial charge in [-0.1, -0.05) is 40.2 Å². The molecular formula is C21H25BrFN3O2. The third-order valence-corrected chi connectivity index (χ3v) is 5.23. The van der Waals surface area contributed by atoms with E-state index in [2.05, 4.69) is 50.2 Å². The summed E-state index contributed by atoms with van der Waals surface area (Å²) < 4.78 is 19.6. The van der Waals surface area contributed by atoms with E-state index in [9.17, 15) is 9.18 Å². The molecule has 1 fully saturated rings. The minimum Gasteiger partial charge on any atom is -0.481 e. The van der Waals surface area contributed by atoms with Crippen LogP contribution in [0.25, 0.3) is 0 Å². The highest BCUT2D eigenvalue weighted by atomic mass is 79.9. The number of piperazine rings is 1. The molecule has 1 heterocycles. The van der Waals surface area contributed by atoms with E-state index in [-0.39, 0.29) is 18.3 Å². The van der Waals surface area contributed by atoms with Crippen LogP contribution in [0, 0.1) is 5.82 Å². The second-order valence-corrected chi connectivity index (χ2v) is 7.96. The summed E-state index contributed by atoms with van der Waals surface area (Å²) in [6.07, 6.45) is 0. The van der Waals surface area contributed by atoms with Crippen LogP contribution in [0.4, 0.5) is 4.39 Å². The van der Waals surface area contributed by atoms with E-state index >= 15 is 0 Å². The largest absolute Gasteiger partial charge is 0.481 e. The van der Waals surface area contributed by atoms with Gasteiger partial charge in [0.25, 0.3) is 5.91 Å². The molecule has 0 radical (unpaired) electrons. The summed E-state index contributed by atoms with van der Waals surface area (Å²) >= 11 is 3.19. The molecule has 0 atom stereocenters. The van der Waals surface area contributed by atoms with Crippen LogP contribution in [0.5, 0.6) is 5.75 Å². The third-order valence-electron chi connectivity index (χ3n) is 4.74. The Morgan fingerprint density at radius 2 is 1.89 bits per heavy atom. The molecule has 1 aliphatic rings. The van der Waals surface area contributed by atoms with Crippen LogP contribution in [0.1, 0.15) is 11.1 Å². The van der Waals surface area contributed by atoms with Gasteiger partial charge in [-0.3, -0.25) is 9.69 Å². The molecule has 0 spiro atoms. The van der Waals surface area contributed by atoms with E-state index < -0.39 is 5.82 Å². The zero-order valence-electron chi connectivity index (χ0n) is 16.0. The maximum Gasteiger partial charge on any atom is 0.258 e. The number of amides is 1. The SMILES string of the molecule is CN1CCN(Cc2cccc(CNC(=O)COc3ccc(Br)cc3F)c2)CC1. The fourth-order valence-electron chi connectivity index (χ4n) is 3.09. The van der Waals surface area contributed by atoms with Gasteiger partial charge in [-0.15, -0.1) is 0 Å². The highest BCUT2D eigenvalue weighted by Crippen LogP contribution is 2.21. The molecule has 1 aliphatic heterocycles. The van der Waals surface area contributed by atoms with Crippen molar-refractivity contribution in [2.24, 2.45) is 0 Å². The lowest BCUT2D eigenvalue weighted by molar-refractivity contribution is -0.123. The standard InChI is InChI=1S/C21H25BrFN3O2/c1-25-7-9-26(10-8-25)14-17-4-2-3-16(11-17)13-24-21(27)15-28-20-6-5-18(22)12-19(20)23/h2-6,11-12H,7-10,13-15H2,1H3,(H,24,27). The van der Waals surface area contributed by atoms with Crippen LogP contribution in [0.3, 0.4) is 0 Å². The zero-order valence-corrected chi connectivity index (χ0v) is 17.5. The van der Waals surface area contributed by atoms with Crippen molar-refractivity contribution in [3.63, 3.8) is 0 Å². The molecule has 0 saturated carbocycles. The first-order chi connectivity index (χ1) is 13.5. The quantitative estimate of drug-likeness (QED) is 0.705. The van der Waals surface area contributed by atoms with Gasteiger partial charge in [0.15, 0.2) is 18.2 Å². The number of carbonyl (C=O) groups excluding carboxylic acids is 1. The van der Waals surface area contributed by atoms with Gasteiger partial charge in [0.2, 0.25) is 0 Å². The lowest BCUT2D eigenvalue weighted by Gasteiger charge is -2.32. The minimum absolute atomic E-state index is 0.0625. The van der Waals surface area contributed by atoms with Crippen molar-refractivity contribution in [3.05, 3.63) is 63.9 Å². The molecule has 2 aromatic carbocycles. The minimum atomic E-state index is -0.501. The van der Waals surface area contributed by atoms with Gasteiger partial charge < -0.3 is 15.0 Å². The summed E-state index contributed by atoms with van der Waals surface area (Å²) in [4.78, 5) is 16.8. The number of rotatable bonds is 7. The number of benzene rings is 2. The van der Waals surface area contributed by atoms with E-state index in [1.807, 2.05) is 12.1 Å². The van der Waals surface area contributed by atoms with E-state index in [1.54, 1.807) is 6.07 Å². The molecule has 0 unspecified atom stereocenters. The summed E-state index contributed by atoms with van der Waals surface area (Å²) in [6, 6.07) is 12.7. The van der Waals surface area contributed by atoms with Crippen molar-refractivity contribution in [1.29, 1.82) is 0 Å². The first kappa shape index (κ1) is 20.8. The summed E-state index contributed by atoms with van der Waals surface area (Å²) in [7, 11) is 2.15. The number of ether oxygens (including phenoxy) is 1. The first-order valence-electron chi connectivity index (χ1n) is 9.33. The Hall–Kier alpha value is -1.96. The Labute approximate surface area is 173 Å². The first-order valence-corrected chi connectivity index (χ1v) is 10.1. The van der Waals surface area contributed by atoms with E-state index in [0.717, 1.165) is 38.3 Å². The molecule has 7 heteroatoms. The van der Waals surface area contributed by atoms with Gasteiger partial charge in [-0.05, 0) is 36.4 Å². The molecule has 2 aromatic rings. The molecule has 3 rings (SSSR count). The summed E-state index contributed by atoms with van der Waals surface area (Å²) in [5, 5.41) is 2.82. The Kier molecular flexibility index (Phi) is 7.42. The van der Waals surface area contributed by atoms with Gasteiger partial charge in [-0.2, -0.15) is 0 Å². The van der Waals surface area contributed by atoms with Gasteiger partial charge in [0.1, 0.15) is 0 Å². The maximum atomic E-state index is 13.7. The van der Waals surface area contributed by atoms with E-state index in [4.69, 9.17) is 4.74 Å². The average Bonchev–Trinajstić information content (AvgIpc) is 2.68. The number of halogens is 2. The smallest absolute Gasteiger partial charge is 0.258 e. The number of carbonyl (C=O) groups is 1. The van der Waals surface area contributed by atoms with Crippen molar-refractivity contribution < 1.29 is 13.9 Å². The second kappa shape index (κ2) is 10.0. The topological polar surface area (TPSA) is 44.8 Å². The molecule has 1 amide bonds. The summed E-state index contributed by atoms with van der Waals surface area (Å²) in [5.41, 5.74) is 2.28. The van der Waals surface area contributed by atoms with Gasteiger partial charge >= 0.3 is 0 Å². The molecule has 5 nitrogen and oxygen atoms in total. The Morgan fingerprint density at radius 3 is 2.64 bits per heavy atom. The Balaban J connectivity index is 1.45. The average molecular weight is 450 g/mol. The Morgan fingerprint density at radius 1 is 1.14 bits per heavy atom. The van der Waals surface area contributed by atoms with Crippen molar-refractivity contribution >= 4 is 21.8 Å². The highest BCUT2D eigenvalue weighted by Gasteiger charge is 2.14. The molecule has 1 saturated heterocycles. The number of hydrogen-bond acceptors (Lipinski definition) is 4. The number of hydrogen-bond donors (Lipinski definition) is 1. The van der Waals surface area contributed by atoms with Gasteiger partial charge in [0, 0.05) is 43.7 Å². The molecular weight excluding hydrogens is 425 g/mol. The lowest BCUT2D eigenvalue weighted by atomic mass is 10.1. The Bertz CT molecular complexity index is 810. The second-order valence-electron chi connectivity index (χ2n) is 7.04. The molecule has 150 valence electrons. The molecule has 1 N–H and O–H groups in total. The predicted molar refractivity (Wildman–Crippen MR) is 111 cm³/mol. The molecule has 28 heavy (non-hydrogen) atoms. The molecule has 0 aromatic heterocycles. The normalized spacial score (nSPS) is 15.4. The van der Waals surface area contributed by atoms with E-state index in [0.29, 0.717) is 11.0 Å². The van der Waals surface area contributed by atoms with E-state index in [1.165, 1.54) is 17.7 Å². The van der Waals surface area contributed by atoms with Crippen molar-refractivity contribution in [2.45, 2.75) is 13.1 Å². The summed E-state index contributed by atoms with van der Waals surface area (Å²) in [5.74, 6) is -0.724. The molecule has 0 bridgehead atoms. The highest BCUT2D eigenvalue weighted by molar-refractivity contribution is 9.10. The molecule has 0 aliphatic carbocycles. The fraction of sp³-hybridized carbons (Fsp3) is 0.381. The zero-order chi connectivity index (χ0) is 19.9. The number of nitrogens with zero attached hydrogens (tertiary/aromatic N) is 2. The van der Waals surface area contributed by atoms with Crippen molar-refractivity contribution in [2.75, 3.05) is 39.8 Å². The monoisotopic (exact) mass is 449 g/mol. The van der Waals surface area contributed by atoms with Crippen LogP contribution in [-0.4, -0.2) is 55.5 Å².